The number of hydrogen-bond donors (Lipinski definition) is 1. The fourth-order valence-electron chi connectivity index (χ4n) is 2.74. The second-order valence-electron chi connectivity index (χ2n) is 7.35. The number of hydrogen-bond acceptors (Lipinski definition) is 6. The Morgan fingerprint density at radius 3 is 1.93 bits per heavy atom. The summed E-state index contributed by atoms with van der Waals surface area (Å²) >= 11 is 0. The number of carbonyl (C=O) groups excluding carboxylic acids is 4. The number of amides is 3. The Kier molecular flexibility index (Phi) is 5.36. The van der Waals surface area contributed by atoms with Crippen LogP contribution in [0.3, 0.4) is 0 Å². The molecule has 0 spiro atoms. The second-order valence-corrected chi connectivity index (χ2v) is 7.35. The summed E-state index contributed by atoms with van der Waals surface area (Å²) in [6.07, 6.45) is -0.842. The van der Waals surface area contributed by atoms with E-state index in [1.807, 2.05) is 0 Å². The van der Waals surface area contributed by atoms with Gasteiger partial charge >= 0.3 is 12.1 Å². The first-order chi connectivity index (χ1) is 13.7. The van der Waals surface area contributed by atoms with Crippen LogP contribution >= 0.6 is 0 Å². The molecule has 8 heteroatoms. The largest absolute Gasteiger partial charge is 0.444 e. The highest BCUT2D eigenvalue weighted by atomic mass is 16.7. The van der Waals surface area contributed by atoms with Crippen LogP contribution < -0.4 is 5.32 Å². The van der Waals surface area contributed by atoms with Gasteiger partial charge in [-0.25, -0.2) is 9.59 Å². The standard InChI is InChI=1S/C21H20N2O6/c1-21(2,3)28-20(27)22-16(13-9-5-4-6-10-13)19(26)29-23-17(24)14-11-7-8-12-15(14)18(23)25/h4-12,16H,1-3H3,(H,22,27). The molecule has 1 N–H and O–H groups in total. The molecule has 1 heterocycles. The lowest BCUT2D eigenvalue weighted by Gasteiger charge is -2.24. The zero-order valence-corrected chi connectivity index (χ0v) is 16.2. The van der Waals surface area contributed by atoms with Gasteiger partial charge in [-0.2, -0.15) is 0 Å². The lowest BCUT2D eigenvalue weighted by Crippen LogP contribution is -2.42. The minimum absolute atomic E-state index is 0.140. The molecular formula is C21H20N2O6. The van der Waals surface area contributed by atoms with E-state index in [4.69, 9.17) is 9.57 Å². The summed E-state index contributed by atoms with van der Waals surface area (Å²) < 4.78 is 5.20. The number of hydroxylamine groups is 2. The van der Waals surface area contributed by atoms with Crippen LogP contribution in [0.2, 0.25) is 0 Å². The van der Waals surface area contributed by atoms with Gasteiger partial charge < -0.3 is 14.9 Å². The third-order valence-electron chi connectivity index (χ3n) is 3.97. The highest BCUT2D eigenvalue weighted by molar-refractivity contribution is 6.20. The number of imide groups is 1. The molecule has 150 valence electrons. The second kappa shape index (κ2) is 7.75. The predicted octanol–water partition coefficient (Wildman–Crippen LogP) is 3.01. The van der Waals surface area contributed by atoms with Gasteiger partial charge in [-0.3, -0.25) is 9.59 Å². The lowest BCUT2D eigenvalue weighted by atomic mass is 10.1. The number of nitrogens with one attached hydrogen (secondary N) is 1. The molecule has 2 aromatic rings. The highest BCUT2D eigenvalue weighted by Gasteiger charge is 2.40. The van der Waals surface area contributed by atoms with Crippen molar-refractivity contribution in [3.8, 4) is 0 Å². The van der Waals surface area contributed by atoms with Gasteiger partial charge in [0.1, 0.15) is 5.60 Å². The normalized spacial score (nSPS) is 14.2. The van der Waals surface area contributed by atoms with Crippen molar-refractivity contribution < 1.29 is 28.8 Å². The van der Waals surface area contributed by atoms with E-state index in [1.54, 1.807) is 63.2 Å². The van der Waals surface area contributed by atoms with E-state index < -0.39 is 35.5 Å². The smallest absolute Gasteiger partial charge is 0.408 e. The first-order valence-corrected chi connectivity index (χ1v) is 8.91. The van der Waals surface area contributed by atoms with E-state index in [-0.39, 0.29) is 11.1 Å². The SMILES string of the molecule is CC(C)(C)OC(=O)NC(C(=O)ON1C(=O)c2ccccc2C1=O)c1ccccc1. The average molecular weight is 396 g/mol. The third-order valence-corrected chi connectivity index (χ3v) is 3.97. The molecule has 3 amide bonds. The number of rotatable bonds is 4. The highest BCUT2D eigenvalue weighted by Crippen LogP contribution is 2.24. The minimum Gasteiger partial charge on any atom is -0.444 e. The molecule has 0 fully saturated rings. The summed E-state index contributed by atoms with van der Waals surface area (Å²) in [7, 11) is 0. The number of carbonyl (C=O) groups is 4. The first kappa shape index (κ1) is 20.1. The van der Waals surface area contributed by atoms with Crippen molar-refractivity contribution in [2.24, 2.45) is 0 Å². The third kappa shape index (κ3) is 4.43. The van der Waals surface area contributed by atoms with Crippen molar-refractivity contribution >= 4 is 23.9 Å². The zero-order chi connectivity index (χ0) is 21.2. The quantitative estimate of drug-likeness (QED) is 0.797. The van der Waals surface area contributed by atoms with Crippen LogP contribution in [0.1, 0.15) is 53.1 Å². The van der Waals surface area contributed by atoms with Crippen molar-refractivity contribution in [1.29, 1.82) is 0 Å². The number of benzene rings is 2. The molecule has 0 bridgehead atoms. The number of nitrogens with zero attached hydrogens (tertiary/aromatic N) is 1. The molecule has 8 nitrogen and oxygen atoms in total. The van der Waals surface area contributed by atoms with Gasteiger partial charge in [0, 0.05) is 0 Å². The van der Waals surface area contributed by atoms with E-state index in [0.29, 0.717) is 10.6 Å². The molecule has 2 aromatic carbocycles. The predicted molar refractivity (Wildman–Crippen MR) is 102 cm³/mol. The summed E-state index contributed by atoms with van der Waals surface area (Å²) in [4.78, 5) is 55.0. The van der Waals surface area contributed by atoms with Crippen LogP contribution in [-0.4, -0.2) is 34.5 Å². The van der Waals surface area contributed by atoms with E-state index in [2.05, 4.69) is 5.32 Å². The lowest BCUT2D eigenvalue weighted by molar-refractivity contribution is -0.171. The van der Waals surface area contributed by atoms with Crippen LogP contribution in [0.5, 0.6) is 0 Å². The van der Waals surface area contributed by atoms with Crippen LogP contribution in [-0.2, 0) is 14.4 Å². The number of fused-ring (bicyclic) bond motifs is 1. The van der Waals surface area contributed by atoms with Crippen molar-refractivity contribution in [3.05, 3.63) is 71.3 Å². The van der Waals surface area contributed by atoms with Crippen molar-refractivity contribution in [2.75, 3.05) is 0 Å². The minimum atomic E-state index is -1.28. The van der Waals surface area contributed by atoms with E-state index >= 15 is 0 Å². The Balaban J connectivity index is 1.81. The fraction of sp³-hybridized carbons (Fsp3) is 0.238. The maximum atomic E-state index is 12.8. The summed E-state index contributed by atoms with van der Waals surface area (Å²) in [5, 5.41) is 2.83. The molecule has 0 saturated heterocycles. The fourth-order valence-corrected chi connectivity index (χ4v) is 2.74. The van der Waals surface area contributed by atoms with E-state index in [0.717, 1.165) is 0 Å². The van der Waals surface area contributed by atoms with E-state index in [9.17, 15) is 19.2 Å². The topological polar surface area (TPSA) is 102 Å². The Hall–Kier alpha value is -3.68. The van der Waals surface area contributed by atoms with Crippen molar-refractivity contribution in [3.63, 3.8) is 0 Å². The molecule has 0 aromatic heterocycles. The molecule has 1 atom stereocenters. The summed E-state index contributed by atoms with van der Waals surface area (Å²) in [5.41, 5.74) is -0.0964. The van der Waals surface area contributed by atoms with Gasteiger partial charge in [0.15, 0.2) is 6.04 Å². The zero-order valence-electron chi connectivity index (χ0n) is 16.2. The summed E-state index contributed by atoms with van der Waals surface area (Å²) in [5.74, 6) is -2.50. The van der Waals surface area contributed by atoms with Gasteiger partial charge in [0.05, 0.1) is 11.1 Å². The summed E-state index contributed by atoms with van der Waals surface area (Å²) in [6, 6.07) is 13.2. The van der Waals surface area contributed by atoms with Gasteiger partial charge in [0.2, 0.25) is 0 Å². The molecule has 0 aliphatic carbocycles. The molecule has 0 saturated carbocycles. The van der Waals surface area contributed by atoms with Crippen molar-refractivity contribution in [1.82, 2.24) is 10.4 Å². The van der Waals surface area contributed by atoms with Crippen LogP contribution in [0.25, 0.3) is 0 Å². The number of ether oxygens (including phenoxy) is 1. The molecule has 3 rings (SSSR count). The maximum absolute atomic E-state index is 12.8. The van der Waals surface area contributed by atoms with Gasteiger partial charge in [0.25, 0.3) is 11.8 Å². The monoisotopic (exact) mass is 396 g/mol. The average Bonchev–Trinajstić information content (AvgIpc) is 2.90. The number of alkyl carbamates (subject to hydrolysis) is 1. The molecule has 0 radical (unpaired) electrons. The van der Waals surface area contributed by atoms with Crippen LogP contribution in [0.4, 0.5) is 4.79 Å². The maximum Gasteiger partial charge on any atom is 0.408 e. The van der Waals surface area contributed by atoms with Gasteiger partial charge in [-0.15, -0.1) is 0 Å². The Bertz CT molecular complexity index is 930. The van der Waals surface area contributed by atoms with Crippen molar-refractivity contribution in [2.45, 2.75) is 32.4 Å². The molecular weight excluding hydrogens is 376 g/mol. The molecule has 1 unspecified atom stereocenters. The van der Waals surface area contributed by atoms with Gasteiger partial charge in [-0.05, 0) is 38.5 Å². The molecule has 1 aliphatic heterocycles. The first-order valence-electron chi connectivity index (χ1n) is 8.91. The molecule has 1 aliphatic rings. The Morgan fingerprint density at radius 1 is 0.897 bits per heavy atom. The Labute approximate surface area is 167 Å². The van der Waals surface area contributed by atoms with Crippen LogP contribution in [0.15, 0.2) is 54.6 Å². The van der Waals surface area contributed by atoms with Gasteiger partial charge in [-0.1, -0.05) is 47.5 Å². The molecule has 29 heavy (non-hydrogen) atoms. The van der Waals surface area contributed by atoms with Crippen LogP contribution in [0, 0.1) is 0 Å². The Morgan fingerprint density at radius 2 is 1.41 bits per heavy atom. The summed E-state index contributed by atoms with van der Waals surface area (Å²) in [6.45, 7) is 5.05. The van der Waals surface area contributed by atoms with E-state index in [1.165, 1.54) is 12.1 Å².